The van der Waals surface area contributed by atoms with Gasteiger partial charge in [-0.15, -0.1) is 0 Å². The molecule has 5 nitrogen and oxygen atoms in total. The maximum atomic E-state index is 5.02. The van der Waals surface area contributed by atoms with Crippen LogP contribution in [0.25, 0.3) is 11.5 Å². The van der Waals surface area contributed by atoms with Gasteiger partial charge in [-0.3, -0.25) is 14.5 Å². The largest absolute Gasteiger partial charge is 0.278 e. The van der Waals surface area contributed by atoms with Crippen LogP contribution in [0, 0.1) is 11.7 Å². The number of aromatic nitrogens is 5. The molecule has 1 N–H and O–H groups in total. The summed E-state index contributed by atoms with van der Waals surface area (Å²) in [7, 11) is 3.72. The Morgan fingerprint density at radius 1 is 1.43 bits per heavy atom. The Morgan fingerprint density at radius 3 is 2.57 bits per heavy atom. The maximum absolute atomic E-state index is 5.02. The first kappa shape index (κ1) is 9.14. The van der Waals surface area contributed by atoms with Crippen molar-refractivity contribution in [1.82, 2.24) is 24.5 Å². The van der Waals surface area contributed by atoms with E-state index in [4.69, 9.17) is 12.2 Å². The Bertz CT molecular complexity index is 518. The van der Waals surface area contributed by atoms with Crippen LogP contribution in [-0.4, -0.2) is 24.5 Å². The van der Waals surface area contributed by atoms with Crippen LogP contribution in [-0.2, 0) is 14.1 Å². The van der Waals surface area contributed by atoms with Gasteiger partial charge in [-0.2, -0.15) is 10.1 Å². The predicted octanol–water partition coefficient (Wildman–Crippen LogP) is 1.19. The van der Waals surface area contributed by atoms with E-state index in [1.807, 2.05) is 27.1 Å². The summed E-state index contributed by atoms with van der Waals surface area (Å²) < 4.78 is 4.02. The fraction of sp³-hybridized carbons (Fsp3) is 0.375. The minimum absolute atomic E-state index is 0.541. The predicted molar refractivity (Wildman–Crippen MR) is 55.3 cm³/mol. The van der Waals surface area contributed by atoms with Crippen LogP contribution in [0.1, 0.15) is 5.69 Å². The summed E-state index contributed by atoms with van der Waals surface area (Å²) in [6, 6.07) is 1.97. The molecule has 0 atom stereocenters. The molecule has 0 spiro atoms. The van der Waals surface area contributed by atoms with E-state index in [2.05, 4.69) is 15.2 Å². The summed E-state index contributed by atoms with van der Waals surface area (Å²) in [5, 5.41) is 7.30. The maximum Gasteiger partial charge on any atom is 0.216 e. The highest BCUT2D eigenvalue weighted by Crippen LogP contribution is 2.14. The van der Waals surface area contributed by atoms with Crippen molar-refractivity contribution in [1.29, 1.82) is 0 Å². The molecule has 0 aliphatic rings. The molecule has 0 aromatic carbocycles. The number of hydrogen-bond donors (Lipinski definition) is 1. The zero-order valence-electron chi connectivity index (χ0n) is 8.27. The Labute approximate surface area is 86.4 Å². The highest BCUT2D eigenvalue weighted by atomic mass is 32.1. The lowest BCUT2D eigenvalue weighted by atomic mass is 10.3. The van der Waals surface area contributed by atoms with E-state index in [0.717, 1.165) is 17.2 Å². The van der Waals surface area contributed by atoms with Crippen molar-refractivity contribution in [2.24, 2.45) is 14.1 Å². The number of rotatable bonds is 1. The van der Waals surface area contributed by atoms with Gasteiger partial charge in [0.05, 0.1) is 5.69 Å². The zero-order chi connectivity index (χ0) is 10.3. The fourth-order valence-corrected chi connectivity index (χ4v) is 1.49. The lowest BCUT2D eigenvalue weighted by molar-refractivity contribution is 0.739. The Kier molecular flexibility index (Phi) is 1.99. The quantitative estimate of drug-likeness (QED) is 0.718. The molecule has 2 heterocycles. The second kappa shape index (κ2) is 3.06. The van der Waals surface area contributed by atoms with Crippen molar-refractivity contribution in [2.75, 3.05) is 0 Å². The molecule has 0 radical (unpaired) electrons. The lowest BCUT2D eigenvalue weighted by Gasteiger charge is -1.95. The number of aryl methyl sites for hydroxylation is 3. The monoisotopic (exact) mass is 209 g/mol. The van der Waals surface area contributed by atoms with Crippen molar-refractivity contribution in [3.05, 3.63) is 16.5 Å². The van der Waals surface area contributed by atoms with Gasteiger partial charge in [-0.1, -0.05) is 0 Å². The van der Waals surface area contributed by atoms with Crippen molar-refractivity contribution < 1.29 is 0 Å². The second-order valence-electron chi connectivity index (χ2n) is 3.21. The number of H-pyrrole nitrogens is 1. The van der Waals surface area contributed by atoms with Crippen molar-refractivity contribution >= 4 is 12.2 Å². The fourth-order valence-electron chi connectivity index (χ4n) is 1.35. The molecule has 0 unspecified atom stereocenters. The van der Waals surface area contributed by atoms with Gasteiger partial charge in [0.25, 0.3) is 0 Å². The van der Waals surface area contributed by atoms with E-state index in [-0.39, 0.29) is 0 Å². The molecule has 0 saturated heterocycles. The van der Waals surface area contributed by atoms with E-state index in [1.165, 1.54) is 0 Å². The molecule has 2 rings (SSSR count). The second-order valence-corrected chi connectivity index (χ2v) is 3.57. The van der Waals surface area contributed by atoms with Gasteiger partial charge in [0, 0.05) is 14.1 Å². The first-order valence-corrected chi connectivity index (χ1v) is 4.63. The molecule has 6 heteroatoms. The Balaban J connectivity index is 2.59. The molecular weight excluding hydrogens is 198 g/mol. The van der Waals surface area contributed by atoms with Crippen molar-refractivity contribution in [3.8, 4) is 11.5 Å². The molecule has 0 fully saturated rings. The van der Waals surface area contributed by atoms with Gasteiger partial charge in [0.15, 0.2) is 5.82 Å². The lowest BCUT2D eigenvalue weighted by Crippen LogP contribution is -1.96. The third-order valence-electron chi connectivity index (χ3n) is 2.01. The van der Waals surface area contributed by atoms with Gasteiger partial charge in [0.2, 0.25) is 4.77 Å². The van der Waals surface area contributed by atoms with Crippen LogP contribution in [0.3, 0.4) is 0 Å². The molecule has 0 aliphatic heterocycles. The zero-order valence-corrected chi connectivity index (χ0v) is 9.09. The van der Waals surface area contributed by atoms with Gasteiger partial charge in [-0.25, -0.2) is 0 Å². The number of aromatic amines is 1. The third-order valence-corrected chi connectivity index (χ3v) is 2.38. The highest BCUT2D eigenvalue weighted by molar-refractivity contribution is 7.71. The van der Waals surface area contributed by atoms with Gasteiger partial charge < -0.3 is 0 Å². The molecule has 0 amide bonds. The molecule has 2 aromatic heterocycles. The van der Waals surface area contributed by atoms with E-state index in [9.17, 15) is 0 Å². The number of nitrogens with zero attached hydrogens (tertiary/aromatic N) is 4. The van der Waals surface area contributed by atoms with Gasteiger partial charge >= 0.3 is 0 Å². The summed E-state index contributed by atoms with van der Waals surface area (Å²) in [4.78, 5) is 4.22. The smallest absolute Gasteiger partial charge is 0.216 e. The summed E-state index contributed by atoms with van der Waals surface area (Å²) in [6.07, 6.45) is 0. The average Bonchev–Trinajstić information content (AvgIpc) is 2.57. The summed E-state index contributed by atoms with van der Waals surface area (Å²) in [6.45, 7) is 1.95. The Morgan fingerprint density at radius 2 is 2.14 bits per heavy atom. The first-order chi connectivity index (χ1) is 6.58. The van der Waals surface area contributed by atoms with E-state index < -0.39 is 0 Å². The van der Waals surface area contributed by atoms with Gasteiger partial charge in [0.1, 0.15) is 5.69 Å². The summed E-state index contributed by atoms with van der Waals surface area (Å²) in [5.41, 5.74) is 1.90. The topological polar surface area (TPSA) is 51.4 Å². The summed E-state index contributed by atoms with van der Waals surface area (Å²) >= 11 is 5.02. The van der Waals surface area contributed by atoms with Crippen LogP contribution < -0.4 is 0 Å². The minimum atomic E-state index is 0.541. The molecule has 0 aliphatic carbocycles. The van der Waals surface area contributed by atoms with Crippen molar-refractivity contribution in [2.45, 2.75) is 6.92 Å². The van der Waals surface area contributed by atoms with E-state index in [0.29, 0.717) is 4.77 Å². The normalized spacial score (nSPS) is 10.8. The van der Waals surface area contributed by atoms with E-state index >= 15 is 0 Å². The highest BCUT2D eigenvalue weighted by Gasteiger charge is 2.08. The van der Waals surface area contributed by atoms with Crippen LogP contribution in [0.2, 0.25) is 0 Å². The molecule has 14 heavy (non-hydrogen) atoms. The molecule has 74 valence electrons. The Hall–Kier alpha value is -1.43. The summed E-state index contributed by atoms with van der Waals surface area (Å²) in [5.74, 6) is 0.751. The van der Waals surface area contributed by atoms with Crippen LogP contribution in [0.15, 0.2) is 6.07 Å². The van der Waals surface area contributed by atoms with Crippen LogP contribution in [0.4, 0.5) is 0 Å². The molecule has 0 saturated carbocycles. The number of hydrogen-bond acceptors (Lipinski definition) is 3. The standard InChI is InChI=1S/C8H11N5S/c1-5-4-6(12(2)10-5)7-9-8(14)13(3)11-7/h4H,1-3H3,(H,9,11,14). The van der Waals surface area contributed by atoms with E-state index in [1.54, 1.807) is 9.36 Å². The minimum Gasteiger partial charge on any atom is -0.278 e. The molecule has 0 bridgehead atoms. The third kappa shape index (κ3) is 1.37. The molecule has 2 aromatic rings. The first-order valence-electron chi connectivity index (χ1n) is 4.22. The van der Waals surface area contributed by atoms with Crippen molar-refractivity contribution in [3.63, 3.8) is 0 Å². The van der Waals surface area contributed by atoms with Crippen LogP contribution >= 0.6 is 12.2 Å². The van der Waals surface area contributed by atoms with Gasteiger partial charge in [-0.05, 0) is 25.2 Å². The van der Waals surface area contributed by atoms with Crippen LogP contribution in [0.5, 0.6) is 0 Å². The average molecular weight is 209 g/mol. The number of nitrogens with one attached hydrogen (secondary N) is 1. The molecular formula is C8H11N5S. The SMILES string of the molecule is Cc1cc(-c2nc(=S)n(C)[nH]2)n(C)n1.